The lowest BCUT2D eigenvalue weighted by atomic mass is 10.0. The van der Waals surface area contributed by atoms with Gasteiger partial charge in [0.25, 0.3) is 5.91 Å². The van der Waals surface area contributed by atoms with Gasteiger partial charge in [-0.2, -0.15) is 0 Å². The molecular formula is C32H26ClNO5. The minimum atomic E-state index is -0.892. The molecule has 0 aliphatic carbocycles. The average molecular weight is 540 g/mol. The molecule has 1 unspecified atom stereocenters. The molecule has 39 heavy (non-hydrogen) atoms. The number of furan rings is 1. The molecule has 1 N–H and O–H groups in total. The van der Waals surface area contributed by atoms with E-state index in [1.807, 2.05) is 97.1 Å². The van der Waals surface area contributed by atoms with Crippen molar-refractivity contribution in [3.63, 3.8) is 0 Å². The van der Waals surface area contributed by atoms with Gasteiger partial charge in [-0.1, -0.05) is 72.3 Å². The molecule has 0 fully saturated rings. The van der Waals surface area contributed by atoms with E-state index in [4.69, 9.17) is 25.5 Å². The number of rotatable bonds is 9. The van der Waals surface area contributed by atoms with Crippen molar-refractivity contribution in [3.05, 3.63) is 125 Å². The van der Waals surface area contributed by atoms with E-state index >= 15 is 0 Å². The Morgan fingerprint density at radius 1 is 0.846 bits per heavy atom. The quantitative estimate of drug-likeness (QED) is 0.207. The third-order valence-corrected chi connectivity index (χ3v) is 6.57. The summed E-state index contributed by atoms with van der Waals surface area (Å²) in [5.74, 6) is -0.232. The van der Waals surface area contributed by atoms with E-state index in [0.717, 1.165) is 27.6 Å². The van der Waals surface area contributed by atoms with Crippen LogP contribution in [-0.2, 0) is 22.6 Å². The Hall–Kier alpha value is -4.55. The number of fused-ring (bicyclic) bond motifs is 1. The fourth-order valence-electron chi connectivity index (χ4n) is 4.24. The van der Waals surface area contributed by atoms with Gasteiger partial charge in [0.2, 0.25) is 0 Å². The zero-order chi connectivity index (χ0) is 27.2. The summed E-state index contributed by atoms with van der Waals surface area (Å²) in [5.41, 5.74) is 4.45. The summed E-state index contributed by atoms with van der Waals surface area (Å²) in [6, 6.07) is 31.3. The molecule has 0 bridgehead atoms. The van der Waals surface area contributed by atoms with E-state index in [2.05, 4.69) is 5.32 Å². The van der Waals surface area contributed by atoms with E-state index in [1.165, 1.54) is 7.11 Å². The Bertz CT molecular complexity index is 1580. The Labute approximate surface area is 231 Å². The van der Waals surface area contributed by atoms with Crippen LogP contribution in [0.25, 0.3) is 22.1 Å². The first-order valence-corrected chi connectivity index (χ1v) is 12.8. The monoisotopic (exact) mass is 539 g/mol. The molecule has 7 heteroatoms. The van der Waals surface area contributed by atoms with Gasteiger partial charge in [0, 0.05) is 16.8 Å². The van der Waals surface area contributed by atoms with Gasteiger partial charge in [0.15, 0.2) is 5.76 Å². The zero-order valence-corrected chi connectivity index (χ0v) is 22.0. The van der Waals surface area contributed by atoms with E-state index in [9.17, 15) is 9.59 Å². The highest BCUT2D eigenvalue weighted by Crippen LogP contribution is 2.28. The second-order valence-electron chi connectivity index (χ2n) is 9.04. The van der Waals surface area contributed by atoms with Crippen LogP contribution in [0.5, 0.6) is 5.75 Å². The maximum absolute atomic E-state index is 13.1. The third kappa shape index (κ3) is 6.48. The summed E-state index contributed by atoms with van der Waals surface area (Å²) in [4.78, 5) is 25.6. The van der Waals surface area contributed by atoms with Gasteiger partial charge in [-0.25, -0.2) is 4.79 Å². The molecule has 1 heterocycles. The predicted molar refractivity (Wildman–Crippen MR) is 151 cm³/mol. The van der Waals surface area contributed by atoms with Crippen LogP contribution in [0.3, 0.4) is 0 Å². The number of esters is 1. The van der Waals surface area contributed by atoms with Gasteiger partial charge >= 0.3 is 5.97 Å². The van der Waals surface area contributed by atoms with Crippen LogP contribution < -0.4 is 10.1 Å². The maximum atomic E-state index is 13.1. The number of nitrogens with one attached hydrogen (secondary N) is 1. The standard InChI is InChI=1S/C32H26ClNO5/c1-37-32(36)28(17-21-7-14-27(15-8-21)38-20-22-5-3-2-4-6-22)34-31(35)30-19-25-18-24(11-16-29(25)39-30)23-9-12-26(33)13-10-23/h2-16,18-19,28H,17,20H2,1H3,(H,34,35). The minimum absolute atomic E-state index is 0.108. The third-order valence-electron chi connectivity index (χ3n) is 6.32. The number of carbonyl (C=O) groups excluding carboxylic acids is 2. The summed E-state index contributed by atoms with van der Waals surface area (Å²) < 4.78 is 16.6. The maximum Gasteiger partial charge on any atom is 0.328 e. The molecule has 5 aromatic rings. The summed E-state index contributed by atoms with van der Waals surface area (Å²) >= 11 is 6.00. The molecule has 1 aromatic heterocycles. The Kier molecular flexibility index (Phi) is 7.94. The first-order chi connectivity index (χ1) is 19.0. The number of carbonyl (C=O) groups is 2. The zero-order valence-electron chi connectivity index (χ0n) is 21.2. The molecule has 6 nitrogen and oxygen atoms in total. The number of benzene rings is 4. The topological polar surface area (TPSA) is 77.8 Å². The average Bonchev–Trinajstić information content (AvgIpc) is 3.41. The van der Waals surface area contributed by atoms with Crippen molar-refractivity contribution in [2.75, 3.05) is 7.11 Å². The molecule has 0 aliphatic rings. The van der Waals surface area contributed by atoms with Gasteiger partial charge in [0.1, 0.15) is 24.0 Å². The Balaban J connectivity index is 1.26. The van der Waals surface area contributed by atoms with Crippen molar-refractivity contribution in [1.82, 2.24) is 5.32 Å². The molecule has 5 rings (SSSR count). The van der Waals surface area contributed by atoms with Gasteiger partial charge in [-0.15, -0.1) is 0 Å². The lowest BCUT2D eigenvalue weighted by Crippen LogP contribution is -2.42. The highest BCUT2D eigenvalue weighted by Gasteiger charge is 2.24. The molecule has 196 valence electrons. The van der Waals surface area contributed by atoms with Crippen LogP contribution in [0, 0.1) is 0 Å². The van der Waals surface area contributed by atoms with Crippen molar-refractivity contribution >= 4 is 34.4 Å². The van der Waals surface area contributed by atoms with Crippen LogP contribution in [0.4, 0.5) is 0 Å². The van der Waals surface area contributed by atoms with Crippen LogP contribution >= 0.6 is 11.6 Å². The molecule has 0 aliphatic heterocycles. The van der Waals surface area contributed by atoms with Crippen molar-refractivity contribution < 1.29 is 23.5 Å². The van der Waals surface area contributed by atoms with E-state index in [-0.39, 0.29) is 12.2 Å². The number of hydrogen-bond donors (Lipinski definition) is 1. The Morgan fingerprint density at radius 2 is 1.56 bits per heavy atom. The van der Waals surface area contributed by atoms with Crippen LogP contribution in [0.2, 0.25) is 5.02 Å². The highest BCUT2D eigenvalue weighted by molar-refractivity contribution is 6.30. The second kappa shape index (κ2) is 11.9. The number of methoxy groups -OCH3 is 1. The summed E-state index contributed by atoms with van der Waals surface area (Å²) in [6.07, 6.45) is 0.248. The summed E-state index contributed by atoms with van der Waals surface area (Å²) in [7, 11) is 1.29. The first-order valence-electron chi connectivity index (χ1n) is 12.4. The Morgan fingerprint density at radius 3 is 2.28 bits per heavy atom. The van der Waals surface area contributed by atoms with E-state index < -0.39 is 17.9 Å². The van der Waals surface area contributed by atoms with Crippen molar-refractivity contribution in [2.24, 2.45) is 0 Å². The highest BCUT2D eigenvalue weighted by atomic mass is 35.5. The largest absolute Gasteiger partial charge is 0.489 e. The molecule has 0 radical (unpaired) electrons. The van der Waals surface area contributed by atoms with Crippen LogP contribution in [-0.4, -0.2) is 25.0 Å². The summed E-state index contributed by atoms with van der Waals surface area (Å²) in [5, 5.41) is 4.19. The summed E-state index contributed by atoms with van der Waals surface area (Å²) in [6.45, 7) is 0.458. The second-order valence-corrected chi connectivity index (χ2v) is 9.48. The normalized spacial score (nSPS) is 11.6. The van der Waals surface area contributed by atoms with Crippen LogP contribution in [0.1, 0.15) is 21.7 Å². The van der Waals surface area contributed by atoms with Gasteiger partial charge in [0.05, 0.1) is 7.11 Å². The lowest BCUT2D eigenvalue weighted by molar-refractivity contribution is -0.142. The number of hydrogen-bond acceptors (Lipinski definition) is 5. The predicted octanol–water partition coefficient (Wildman–Crippen LogP) is 6.85. The molecule has 0 saturated heterocycles. The molecular weight excluding hydrogens is 514 g/mol. The minimum Gasteiger partial charge on any atom is -0.489 e. The molecule has 0 saturated carbocycles. The van der Waals surface area contributed by atoms with Crippen molar-refractivity contribution in [3.8, 4) is 16.9 Å². The first kappa shape index (κ1) is 26.1. The van der Waals surface area contributed by atoms with E-state index in [1.54, 1.807) is 6.07 Å². The number of amides is 1. The lowest BCUT2D eigenvalue weighted by Gasteiger charge is -2.16. The molecule has 1 atom stereocenters. The smallest absolute Gasteiger partial charge is 0.328 e. The van der Waals surface area contributed by atoms with Gasteiger partial charge in [-0.3, -0.25) is 4.79 Å². The number of ether oxygens (including phenoxy) is 2. The fraction of sp³-hybridized carbons (Fsp3) is 0.125. The molecule has 0 spiro atoms. The molecule has 4 aromatic carbocycles. The van der Waals surface area contributed by atoms with E-state index in [0.29, 0.717) is 23.0 Å². The van der Waals surface area contributed by atoms with Crippen molar-refractivity contribution in [1.29, 1.82) is 0 Å². The fourth-order valence-corrected chi connectivity index (χ4v) is 4.37. The SMILES string of the molecule is COC(=O)C(Cc1ccc(OCc2ccccc2)cc1)NC(=O)c1cc2cc(-c3ccc(Cl)cc3)ccc2o1. The number of halogens is 1. The molecule has 1 amide bonds. The van der Waals surface area contributed by atoms with Crippen LogP contribution in [0.15, 0.2) is 108 Å². The van der Waals surface area contributed by atoms with Gasteiger partial charge in [-0.05, 0) is 64.7 Å². The van der Waals surface area contributed by atoms with Gasteiger partial charge < -0.3 is 19.2 Å². The van der Waals surface area contributed by atoms with Crippen molar-refractivity contribution in [2.45, 2.75) is 19.1 Å².